The molecule has 3 heteroatoms. The molecule has 116 valence electrons. The molecule has 1 N–H and O–H groups in total. The van der Waals surface area contributed by atoms with E-state index in [1.807, 2.05) is 0 Å². The molecule has 0 saturated carbocycles. The summed E-state index contributed by atoms with van der Waals surface area (Å²) in [5, 5.41) is 3.18. The lowest BCUT2D eigenvalue weighted by Gasteiger charge is -2.33. The summed E-state index contributed by atoms with van der Waals surface area (Å²) in [5.41, 5.74) is 2.50. The van der Waals surface area contributed by atoms with Gasteiger partial charge in [0.1, 0.15) is 0 Å². The van der Waals surface area contributed by atoms with Crippen LogP contribution in [0.3, 0.4) is 0 Å². The second-order valence-electron chi connectivity index (χ2n) is 8.47. The zero-order valence-electron chi connectivity index (χ0n) is 14.6. The molecule has 0 aliphatic carbocycles. The van der Waals surface area contributed by atoms with Crippen LogP contribution in [-0.2, 0) is 4.79 Å². The standard InChI is InChI=1S/C17H32N2O/c1-12(2)9-19-10-13(16(3,4)5)15(17(6,7)8)18-14(20)11-19/h12H,9-11H2,1-8H3,(H,18,20). The van der Waals surface area contributed by atoms with Gasteiger partial charge in [0.2, 0.25) is 5.91 Å². The summed E-state index contributed by atoms with van der Waals surface area (Å²) in [6.07, 6.45) is 0. The molecule has 0 aromatic rings. The van der Waals surface area contributed by atoms with Gasteiger partial charge in [-0.25, -0.2) is 0 Å². The fourth-order valence-electron chi connectivity index (χ4n) is 2.71. The van der Waals surface area contributed by atoms with Crippen LogP contribution in [0.15, 0.2) is 11.3 Å². The molecule has 1 aliphatic rings. The zero-order chi connectivity index (χ0) is 15.7. The van der Waals surface area contributed by atoms with Gasteiger partial charge in [-0.1, -0.05) is 55.4 Å². The summed E-state index contributed by atoms with van der Waals surface area (Å²) in [6, 6.07) is 0. The van der Waals surface area contributed by atoms with Crippen molar-refractivity contribution in [1.82, 2.24) is 10.2 Å². The second kappa shape index (κ2) is 5.88. The molecular weight excluding hydrogens is 248 g/mol. The molecule has 1 rings (SSSR count). The van der Waals surface area contributed by atoms with Gasteiger partial charge in [0, 0.05) is 24.2 Å². The number of rotatable bonds is 2. The van der Waals surface area contributed by atoms with E-state index in [4.69, 9.17) is 0 Å². The van der Waals surface area contributed by atoms with Crippen molar-refractivity contribution in [3.05, 3.63) is 11.3 Å². The van der Waals surface area contributed by atoms with E-state index in [1.165, 1.54) is 5.57 Å². The molecule has 0 atom stereocenters. The van der Waals surface area contributed by atoms with Gasteiger partial charge < -0.3 is 5.32 Å². The van der Waals surface area contributed by atoms with Crippen molar-refractivity contribution in [2.45, 2.75) is 55.4 Å². The Hall–Kier alpha value is -0.830. The average Bonchev–Trinajstić information content (AvgIpc) is 2.34. The highest BCUT2D eigenvalue weighted by Crippen LogP contribution is 2.36. The summed E-state index contributed by atoms with van der Waals surface area (Å²) in [6.45, 7) is 20.0. The monoisotopic (exact) mass is 280 g/mol. The Balaban J connectivity index is 3.23. The zero-order valence-corrected chi connectivity index (χ0v) is 14.6. The minimum atomic E-state index is -0.0356. The van der Waals surface area contributed by atoms with Crippen molar-refractivity contribution in [3.8, 4) is 0 Å². The van der Waals surface area contributed by atoms with E-state index in [1.54, 1.807) is 0 Å². The van der Waals surface area contributed by atoms with E-state index >= 15 is 0 Å². The van der Waals surface area contributed by atoms with Gasteiger partial charge in [0.25, 0.3) is 0 Å². The number of hydrogen-bond acceptors (Lipinski definition) is 2. The molecule has 0 unspecified atom stereocenters. The highest BCUT2D eigenvalue weighted by atomic mass is 16.2. The second-order valence-corrected chi connectivity index (χ2v) is 8.47. The molecular formula is C17H32N2O. The Labute approximate surface area is 124 Å². The quantitative estimate of drug-likeness (QED) is 0.840. The minimum Gasteiger partial charge on any atom is -0.328 e. The largest absolute Gasteiger partial charge is 0.328 e. The summed E-state index contributed by atoms with van der Waals surface area (Å²) >= 11 is 0. The molecule has 0 bridgehead atoms. The third-order valence-electron chi connectivity index (χ3n) is 3.59. The van der Waals surface area contributed by atoms with Crippen LogP contribution in [0.25, 0.3) is 0 Å². The molecule has 1 heterocycles. The summed E-state index contributed by atoms with van der Waals surface area (Å²) in [5.74, 6) is 0.690. The van der Waals surface area contributed by atoms with Crippen molar-refractivity contribution in [1.29, 1.82) is 0 Å². The van der Waals surface area contributed by atoms with E-state index in [-0.39, 0.29) is 16.7 Å². The Kier molecular flexibility index (Phi) is 5.07. The Morgan fingerprint density at radius 2 is 1.60 bits per heavy atom. The first-order valence-electron chi connectivity index (χ1n) is 7.67. The molecule has 1 amide bonds. The maximum atomic E-state index is 12.2. The van der Waals surface area contributed by atoms with Crippen LogP contribution in [0.5, 0.6) is 0 Å². The van der Waals surface area contributed by atoms with Crippen LogP contribution < -0.4 is 5.32 Å². The molecule has 0 saturated heterocycles. The van der Waals surface area contributed by atoms with Gasteiger partial charge in [-0.2, -0.15) is 0 Å². The minimum absolute atomic E-state index is 0.0356. The summed E-state index contributed by atoms with van der Waals surface area (Å²) < 4.78 is 0. The highest BCUT2D eigenvalue weighted by Gasteiger charge is 2.33. The number of amides is 1. The number of allylic oxidation sites excluding steroid dienone is 1. The lowest BCUT2D eigenvalue weighted by Crippen LogP contribution is -2.37. The average molecular weight is 280 g/mol. The topological polar surface area (TPSA) is 32.3 Å². The van der Waals surface area contributed by atoms with E-state index < -0.39 is 0 Å². The molecule has 0 aromatic carbocycles. The molecule has 0 fully saturated rings. The summed E-state index contributed by atoms with van der Waals surface area (Å²) in [4.78, 5) is 14.5. The van der Waals surface area contributed by atoms with Gasteiger partial charge in [0.15, 0.2) is 0 Å². The molecule has 0 radical (unpaired) electrons. The predicted molar refractivity (Wildman–Crippen MR) is 85.4 cm³/mol. The first kappa shape index (κ1) is 17.2. The van der Waals surface area contributed by atoms with Crippen molar-refractivity contribution in [2.24, 2.45) is 16.7 Å². The number of nitrogens with zero attached hydrogens (tertiary/aromatic N) is 1. The van der Waals surface area contributed by atoms with Gasteiger partial charge in [0.05, 0.1) is 6.54 Å². The molecule has 1 aliphatic heterocycles. The lowest BCUT2D eigenvalue weighted by molar-refractivity contribution is -0.121. The van der Waals surface area contributed by atoms with Crippen LogP contribution in [-0.4, -0.2) is 30.4 Å². The Bertz CT molecular complexity index is 394. The maximum Gasteiger partial charge on any atom is 0.238 e. The normalized spacial score (nSPS) is 19.4. The molecule has 0 aromatic heterocycles. The van der Waals surface area contributed by atoms with Gasteiger partial charge in [-0.3, -0.25) is 9.69 Å². The number of carbonyl (C=O) groups excluding carboxylic acids is 1. The van der Waals surface area contributed by atoms with Gasteiger partial charge in [-0.05, 0) is 16.9 Å². The van der Waals surface area contributed by atoms with Gasteiger partial charge >= 0.3 is 0 Å². The van der Waals surface area contributed by atoms with Crippen molar-refractivity contribution in [3.63, 3.8) is 0 Å². The van der Waals surface area contributed by atoms with Crippen molar-refractivity contribution in [2.75, 3.05) is 19.6 Å². The highest BCUT2D eigenvalue weighted by molar-refractivity contribution is 5.80. The summed E-state index contributed by atoms with van der Waals surface area (Å²) in [7, 11) is 0. The smallest absolute Gasteiger partial charge is 0.238 e. The number of carbonyl (C=O) groups is 1. The first-order chi connectivity index (χ1) is 8.91. The Morgan fingerprint density at radius 1 is 1.05 bits per heavy atom. The van der Waals surface area contributed by atoms with Crippen LogP contribution in [0.2, 0.25) is 0 Å². The van der Waals surface area contributed by atoms with Crippen molar-refractivity contribution < 1.29 is 4.79 Å². The SMILES string of the molecule is CC(C)CN1CC(=O)NC(C(C)(C)C)=C(C(C)(C)C)C1. The van der Waals surface area contributed by atoms with Crippen LogP contribution in [0.1, 0.15) is 55.4 Å². The van der Waals surface area contributed by atoms with Crippen LogP contribution in [0.4, 0.5) is 0 Å². The molecule has 0 spiro atoms. The lowest BCUT2D eigenvalue weighted by atomic mass is 9.78. The van der Waals surface area contributed by atoms with Crippen molar-refractivity contribution >= 4 is 5.91 Å². The molecule has 3 nitrogen and oxygen atoms in total. The number of hydrogen-bond donors (Lipinski definition) is 1. The van der Waals surface area contributed by atoms with Crippen LogP contribution >= 0.6 is 0 Å². The molecule has 20 heavy (non-hydrogen) atoms. The third-order valence-corrected chi connectivity index (χ3v) is 3.59. The van der Waals surface area contributed by atoms with Crippen LogP contribution in [0, 0.1) is 16.7 Å². The maximum absolute atomic E-state index is 12.2. The van der Waals surface area contributed by atoms with E-state index in [0.29, 0.717) is 12.5 Å². The fraction of sp³-hybridized carbons (Fsp3) is 0.824. The van der Waals surface area contributed by atoms with E-state index in [9.17, 15) is 4.79 Å². The predicted octanol–water partition coefficient (Wildman–Crippen LogP) is 3.42. The van der Waals surface area contributed by atoms with E-state index in [0.717, 1.165) is 18.8 Å². The van der Waals surface area contributed by atoms with Gasteiger partial charge in [-0.15, -0.1) is 0 Å². The number of nitrogens with one attached hydrogen (secondary N) is 1. The van der Waals surface area contributed by atoms with E-state index in [2.05, 4.69) is 65.6 Å². The Morgan fingerprint density at radius 3 is 2.00 bits per heavy atom. The fourth-order valence-corrected chi connectivity index (χ4v) is 2.71. The third kappa shape index (κ3) is 4.62. The first-order valence-corrected chi connectivity index (χ1v) is 7.67.